The molecule has 2 bridgehead atoms. The van der Waals surface area contributed by atoms with Crippen LogP contribution in [0.4, 0.5) is 0 Å². The van der Waals surface area contributed by atoms with E-state index in [0.29, 0.717) is 17.5 Å². The van der Waals surface area contributed by atoms with Gasteiger partial charge in [0, 0.05) is 24.5 Å². The summed E-state index contributed by atoms with van der Waals surface area (Å²) in [5, 5.41) is 0.889. The van der Waals surface area contributed by atoms with Crippen molar-refractivity contribution in [1.29, 1.82) is 0 Å². The largest absolute Gasteiger partial charge is 0.496 e. The lowest BCUT2D eigenvalue weighted by atomic mass is 9.68. The number of methoxy groups -OCH3 is 2. The van der Waals surface area contributed by atoms with Crippen molar-refractivity contribution in [2.24, 2.45) is 11.8 Å². The summed E-state index contributed by atoms with van der Waals surface area (Å²) < 4.78 is 11.1. The number of ether oxygens (including phenoxy) is 2. The van der Waals surface area contributed by atoms with Gasteiger partial charge in [0.25, 0.3) is 5.91 Å². The number of carbonyl (C=O) groups is 1. The topological polar surface area (TPSA) is 57.8 Å². The van der Waals surface area contributed by atoms with Crippen LogP contribution in [0.3, 0.4) is 0 Å². The molecule has 170 valence electrons. The standard InChI is InChI=1S/C26H33N3O3/c1-31-22-8-9-23(32-2)24-19(22)14-20(27-24)26(30)29-11-5-6-16-12-17-13-18(25(16)29)15-28-10-4-3-7-21(17)28/h8-9,12,14,17-18,21,25,27H,3-7,10-11,13,15H2,1-2H3. The lowest BCUT2D eigenvalue weighted by Crippen LogP contribution is -2.60. The number of piperidine rings is 3. The van der Waals surface area contributed by atoms with E-state index >= 15 is 0 Å². The van der Waals surface area contributed by atoms with E-state index in [2.05, 4.69) is 20.9 Å². The predicted octanol–water partition coefficient (Wildman–Crippen LogP) is 4.22. The van der Waals surface area contributed by atoms with Crippen molar-refractivity contribution in [2.45, 2.75) is 50.6 Å². The second-order valence-electron chi connectivity index (χ2n) is 9.95. The Bertz CT molecular complexity index is 1030. The molecule has 1 aromatic heterocycles. The molecule has 1 amide bonds. The van der Waals surface area contributed by atoms with Gasteiger partial charge in [0.2, 0.25) is 0 Å². The van der Waals surface area contributed by atoms with Crippen LogP contribution in [0.25, 0.3) is 10.9 Å². The SMILES string of the molecule is COc1ccc(OC)c2[nH]c(C(=O)N3CCCC4=CC5CC(CN6CCCCC56)C43)cc12. The average Bonchev–Trinajstić information content (AvgIpc) is 3.28. The molecular formula is C26H33N3O3. The van der Waals surface area contributed by atoms with Crippen LogP contribution in [0.1, 0.15) is 49.0 Å². The van der Waals surface area contributed by atoms with Crippen molar-refractivity contribution in [3.05, 3.63) is 35.5 Å². The molecule has 1 aromatic carbocycles. The minimum absolute atomic E-state index is 0.0973. The van der Waals surface area contributed by atoms with Crippen LogP contribution in [0.5, 0.6) is 11.5 Å². The third kappa shape index (κ3) is 3.06. The molecule has 4 unspecified atom stereocenters. The van der Waals surface area contributed by atoms with E-state index in [-0.39, 0.29) is 11.9 Å². The second-order valence-corrected chi connectivity index (χ2v) is 9.95. The Morgan fingerprint density at radius 1 is 1.09 bits per heavy atom. The minimum Gasteiger partial charge on any atom is -0.496 e. The summed E-state index contributed by atoms with van der Waals surface area (Å²) in [6.07, 6.45) is 10.0. The van der Waals surface area contributed by atoms with Gasteiger partial charge in [-0.15, -0.1) is 0 Å². The lowest BCUT2D eigenvalue weighted by molar-refractivity contribution is 0.00134. The Labute approximate surface area is 189 Å². The first-order valence-electron chi connectivity index (χ1n) is 12.2. The quantitative estimate of drug-likeness (QED) is 0.734. The van der Waals surface area contributed by atoms with E-state index in [4.69, 9.17) is 9.47 Å². The molecule has 6 nitrogen and oxygen atoms in total. The fourth-order valence-electron chi connectivity index (χ4n) is 6.99. The number of rotatable bonds is 3. The number of nitrogens with one attached hydrogen (secondary N) is 1. The normalized spacial score (nSPS) is 29.8. The maximum absolute atomic E-state index is 13.8. The molecule has 3 aliphatic heterocycles. The summed E-state index contributed by atoms with van der Waals surface area (Å²) in [6, 6.07) is 6.68. The van der Waals surface area contributed by atoms with Crippen molar-refractivity contribution in [3.8, 4) is 11.5 Å². The van der Waals surface area contributed by atoms with Crippen LogP contribution in [0, 0.1) is 11.8 Å². The number of carbonyl (C=O) groups excluding carboxylic acids is 1. The van der Waals surface area contributed by atoms with Gasteiger partial charge in [0.05, 0.1) is 25.8 Å². The zero-order valence-electron chi connectivity index (χ0n) is 19.1. The number of H-pyrrole nitrogens is 1. The van der Waals surface area contributed by atoms with Crippen molar-refractivity contribution in [2.75, 3.05) is 33.9 Å². The van der Waals surface area contributed by atoms with Gasteiger partial charge in [-0.25, -0.2) is 0 Å². The van der Waals surface area contributed by atoms with E-state index in [0.717, 1.165) is 54.4 Å². The summed E-state index contributed by atoms with van der Waals surface area (Å²) in [5.41, 5.74) is 2.96. The van der Waals surface area contributed by atoms with Crippen LogP contribution < -0.4 is 9.47 Å². The summed E-state index contributed by atoms with van der Waals surface area (Å²) >= 11 is 0. The first-order valence-corrected chi connectivity index (χ1v) is 12.2. The smallest absolute Gasteiger partial charge is 0.270 e. The average molecular weight is 436 g/mol. The molecule has 4 heterocycles. The molecule has 1 N–H and O–H groups in total. The molecule has 2 aromatic rings. The van der Waals surface area contributed by atoms with Crippen molar-refractivity contribution in [1.82, 2.24) is 14.8 Å². The fraction of sp³-hybridized carbons (Fsp3) is 0.577. The Morgan fingerprint density at radius 3 is 2.78 bits per heavy atom. The van der Waals surface area contributed by atoms with Gasteiger partial charge < -0.3 is 19.4 Å². The summed E-state index contributed by atoms with van der Waals surface area (Å²) in [4.78, 5) is 22.1. The predicted molar refractivity (Wildman–Crippen MR) is 124 cm³/mol. The number of fused-ring (bicyclic) bond motifs is 7. The number of aromatic amines is 1. The second kappa shape index (κ2) is 7.84. The molecule has 4 aliphatic rings. The van der Waals surface area contributed by atoms with Crippen molar-refractivity contribution < 1.29 is 14.3 Å². The number of hydrogen-bond acceptors (Lipinski definition) is 4. The van der Waals surface area contributed by atoms with Crippen LogP contribution in [0.15, 0.2) is 29.8 Å². The van der Waals surface area contributed by atoms with E-state index < -0.39 is 0 Å². The van der Waals surface area contributed by atoms with Crippen molar-refractivity contribution in [3.63, 3.8) is 0 Å². The number of amides is 1. The molecule has 3 fully saturated rings. The highest BCUT2D eigenvalue weighted by molar-refractivity contribution is 6.01. The highest BCUT2D eigenvalue weighted by Gasteiger charge is 2.47. The van der Waals surface area contributed by atoms with E-state index in [1.807, 2.05) is 18.2 Å². The molecule has 4 atom stereocenters. The van der Waals surface area contributed by atoms with Gasteiger partial charge in [-0.05, 0) is 68.7 Å². The molecule has 3 saturated heterocycles. The molecule has 0 saturated carbocycles. The Hall–Kier alpha value is -2.47. The minimum atomic E-state index is 0.0973. The Kier molecular flexibility index (Phi) is 4.94. The third-order valence-electron chi connectivity index (χ3n) is 8.30. The van der Waals surface area contributed by atoms with Crippen LogP contribution in [0.2, 0.25) is 0 Å². The summed E-state index contributed by atoms with van der Waals surface area (Å²) in [5.74, 6) is 2.80. The Balaban J connectivity index is 1.35. The molecule has 6 rings (SSSR count). The number of aromatic nitrogens is 1. The van der Waals surface area contributed by atoms with Gasteiger partial charge in [-0.2, -0.15) is 0 Å². The summed E-state index contributed by atoms with van der Waals surface area (Å²) in [6.45, 7) is 3.19. The van der Waals surface area contributed by atoms with Crippen LogP contribution in [-0.2, 0) is 0 Å². The first kappa shape index (κ1) is 20.2. The number of benzene rings is 1. The van der Waals surface area contributed by atoms with Crippen LogP contribution >= 0.6 is 0 Å². The van der Waals surface area contributed by atoms with Gasteiger partial charge in [-0.1, -0.05) is 18.1 Å². The molecule has 1 aliphatic carbocycles. The van der Waals surface area contributed by atoms with Gasteiger partial charge >= 0.3 is 0 Å². The first-order chi connectivity index (χ1) is 15.7. The van der Waals surface area contributed by atoms with Crippen molar-refractivity contribution >= 4 is 16.8 Å². The molecular weight excluding hydrogens is 402 g/mol. The zero-order chi connectivity index (χ0) is 21.8. The molecule has 0 spiro atoms. The Morgan fingerprint density at radius 2 is 1.94 bits per heavy atom. The van der Waals surface area contributed by atoms with E-state index in [9.17, 15) is 4.79 Å². The van der Waals surface area contributed by atoms with Gasteiger partial charge in [0.15, 0.2) is 0 Å². The van der Waals surface area contributed by atoms with E-state index in [1.54, 1.807) is 14.2 Å². The van der Waals surface area contributed by atoms with E-state index in [1.165, 1.54) is 37.8 Å². The highest BCUT2D eigenvalue weighted by Crippen LogP contribution is 2.45. The maximum atomic E-state index is 13.8. The highest BCUT2D eigenvalue weighted by atomic mass is 16.5. The lowest BCUT2D eigenvalue weighted by Gasteiger charge is -2.54. The fourth-order valence-corrected chi connectivity index (χ4v) is 6.99. The zero-order valence-corrected chi connectivity index (χ0v) is 19.1. The van der Waals surface area contributed by atoms with Gasteiger partial charge in [-0.3, -0.25) is 9.69 Å². The summed E-state index contributed by atoms with van der Waals surface area (Å²) in [7, 11) is 3.31. The van der Waals surface area contributed by atoms with Crippen LogP contribution in [-0.4, -0.2) is 66.6 Å². The molecule has 0 radical (unpaired) electrons. The monoisotopic (exact) mass is 435 g/mol. The third-order valence-corrected chi connectivity index (χ3v) is 8.30. The maximum Gasteiger partial charge on any atom is 0.270 e. The number of nitrogens with zero attached hydrogens (tertiary/aromatic N) is 2. The molecule has 6 heteroatoms. The number of likely N-dealkylation sites (tertiary alicyclic amines) is 1. The molecule has 32 heavy (non-hydrogen) atoms. The number of hydrogen-bond donors (Lipinski definition) is 1. The van der Waals surface area contributed by atoms with Gasteiger partial charge in [0.1, 0.15) is 17.2 Å².